The topological polar surface area (TPSA) is 60.7 Å². The van der Waals surface area contributed by atoms with Crippen LogP contribution in [0.1, 0.15) is 158 Å². The Balaban J connectivity index is 2.06. The summed E-state index contributed by atoms with van der Waals surface area (Å²) < 4.78 is 0. The quantitative estimate of drug-likeness (QED) is 0.161. The Kier molecular flexibility index (Phi) is 10.3. The van der Waals surface area contributed by atoms with Crippen LogP contribution in [0.15, 0.2) is 66.7 Å². The first-order valence-corrected chi connectivity index (χ1v) is 21.3. The highest BCUT2D eigenvalue weighted by Crippen LogP contribution is 2.52. The molecule has 4 heteroatoms. The molecule has 0 heterocycles. The SMILES string of the molecule is CC(C)(C)c1cc(C(C)(C)C)c2cc(-c3cccc([P+](O)(O)O)c3-c3cc4c(C(C)(C)C)cc(C(C)(C)C)cc4cc3C(C)(C)C)c(C(C)(C)C)cc2c1. The molecule has 0 aliphatic heterocycles. The monoisotopic (exact) mass is 747 g/mol. The fourth-order valence-corrected chi connectivity index (χ4v) is 8.73. The summed E-state index contributed by atoms with van der Waals surface area (Å²) in [6, 6.07) is 24.4. The molecule has 0 aliphatic carbocycles. The Bertz CT molecular complexity index is 2240. The van der Waals surface area contributed by atoms with Crippen molar-refractivity contribution in [2.45, 2.75) is 157 Å². The van der Waals surface area contributed by atoms with Crippen LogP contribution in [0.3, 0.4) is 0 Å². The van der Waals surface area contributed by atoms with Crippen LogP contribution < -0.4 is 5.30 Å². The van der Waals surface area contributed by atoms with Crippen LogP contribution in [-0.4, -0.2) is 14.7 Å². The third kappa shape index (κ3) is 8.22. The van der Waals surface area contributed by atoms with E-state index in [9.17, 15) is 14.7 Å². The van der Waals surface area contributed by atoms with Crippen molar-refractivity contribution in [3.05, 3.63) is 100 Å². The van der Waals surface area contributed by atoms with Crippen LogP contribution in [0.4, 0.5) is 0 Å². The molecule has 3 nitrogen and oxygen atoms in total. The van der Waals surface area contributed by atoms with Gasteiger partial charge < -0.3 is 0 Å². The normalized spacial score (nSPS) is 14.0. The van der Waals surface area contributed by atoms with E-state index in [-0.39, 0.29) is 37.8 Å². The number of benzene rings is 5. The number of hydrogen-bond donors (Lipinski definition) is 3. The molecular weight excluding hydrogens is 680 g/mol. The minimum atomic E-state index is -4.49. The molecule has 0 fully saturated rings. The average Bonchev–Trinajstić information content (AvgIpc) is 2.98. The molecular formula is C50H68O3P+. The minimum absolute atomic E-state index is 0.0222. The van der Waals surface area contributed by atoms with E-state index >= 15 is 0 Å². The van der Waals surface area contributed by atoms with E-state index in [2.05, 4.69) is 179 Å². The standard InChI is InChI=1S/C50H68O3P/c1-45(2,3)32-22-30-24-39(47(7,8)9)37(28-35(30)41(26-32)49(13,14)15)34-20-19-21-43(54(51,52)53)44(34)38-29-36-31(25-40(38)48(10,11)12)23-33(46(4,5)6)27-42(36)50(16,17)18/h19-29,51-53H,1-18H3/q+1. The highest BCUT2D eigenvalue weighted by molar-refractivity contribution is 7.67. The van der Waals surface area contributed by atoms with E-state index in [1.807, 2.05) is 6.07 Å². The summed E-state index contributed by atoms with van der Waals surface area (Å²) in [6.07, 6.45) is 0. The van der Waals surface area contributed by atoms with Gasteiger partial charge in [-0.25, -0.2) is 0 Å². The molecule has 54 heavy (non-hydrogen) atoms. The van der Waals surface area contributed by atoms with Gasteiger partial charge in [-0.2, -0.15) is 14.7 Å². The molecule has 0 saturated heterocycles. The van der Waals surface area contributed by atoms with E-state index in [0.29, 0.717) is 5.56 Å². The van der Waals surface area contributed by atoms with Gasteiger partial charge in [0.2, 0.25) is 0 Å². The number of fused-ring (bicyclic) bond motifs is 2. The molecule has 290 valence electrons. The zero-order valence-corrected chi connectivity index (χ0v) is 37.5. The third-order valence-corrected chi connectivity index (χ3v) is 12.1. The van der Waals surface area contributed by atoms with E-state index in [4.69, 9.17) is 0 Å². The van der Waals surface area contributed by atoms with Gasteiger partial charge in [0, 0.05) is 5.56 Å². The molecule has 0 amide bonds. The van der Waals surface area contributed by atoms with Gasteiger partial charge in [-0.05, 0) is 134 Å². The smallest absolute Gasteiger partial charge is 0.189 e. The summed E-state index contributed by atoms with van der Waals surface area (Å²) in [6.45, 7) is 40.7. The summed E-state index contributed by atoms with van der Waals surface area (Å²) in [5.41, 5.74) is 9.98. The van der Waals surface area contributed by atoms with E-state index in [1.165, 1.54) is 44.0 Å². The van der Waals surface area contributed by atoms with Gasteiger partial charge in [-0.3, -0.25) is 0 Å². The summed E-state index contributed by atoms with van der Waals surface area (Å²) in [5.74, 6) is 0. The molecule has 0 aliphatic rings. The predicted molar refractivity (Wildman–Crippen MR) is 238 cm³/mol. The Labute approximate surface area is 327 Å². The van der Waals surface area contributed by atoms with Crippen LogP contribution in [0, 0.1) is 0 Å². The van der Waals surface area contributed by atoms with Gasteiger partial charge in [-0.15, -0.1) is 0 Å². The van der Waals surface area contributed by atoms with Gasteiger partial charge >= 0.3 is 7.94 Å². The van der Waals surface area contributed by atoms with E-state index < -0.39 is 7.94 Å². The highest BCUT2D eigenvalue weighted by atomic mass is 31.2. The second kappa shape index (κ2) is 13.3. The summed E-state index contributed by atoms with van der Waals surface area (Å²) in [4.78, 5) is 33.9. The number of hydrogen-bond acceptors (Lipinski definition) is 3. The summed E-state index contributed by atoms with van der Waals surface area (Å²) in [5, 5.41) is 4.87. The number of rotatable bonds is 3. The molecule has 0 unspecified atom stereocenters. The van der Waals surface area contributed by atoms with Gasteiger partial charge in [0.15, 0.2) is 5.30 Å². The zero-order valence-electron chi connectivity index (χ0n) is 36.6. The van der Waals surface area contributed by atoms with Crippen molar-refractivity contribution < 1.29 is 14.7 Å². The first-order chi connectivity index (χ1) is 24.2. The van der Waals surface area contributed by atoms with Crippen LogP contribution in [0.5, 0.6) is 0 Å². The fourth-order valence-electron chi connectivity index (χ4n) is 7.90. The predicted octanol–water partition coefficient (Wildman–Crippen LogP) is 13.5. The Hall–Kier alpha value is -3.07. The lowest BCUT2D eigenvalue weighted by molar-refractivity contribution is 0.347. The van der Waals surface area contributed by atoms with Crippen molar-refractivity contribution in [3.8, 4) is 22.3 Å². The van der Waals surface area contributed by atoms with Crippen molar-refractivity contribution in [2.24, 2.45) is 0 Å². The van der Waals surface area contributed by atoms with Gasteiger partial charge in [-0.1, -0.05) is 161 Å². The zero-order chi connectivity index (χ0) is 40.9. The molecule has 0 saturated carbocycles. The van der Waals surface area contributed by atoms with E-state index in [1.54, 1.807) is 6.07 Å². The Morgan fingerprint density at radius 2 is 0.741 bits per heavy atom. The fraction of sp³-hybridized carbons (Fsp3) is 0.480. The molecule has 0 atom stereocenters. The van der Waals surface area contributed by atoms with Gasteiger partial charge in [0.05, 0.1) is 0 Å². The molecule has 0 aromatic heterocycles. The maximum absolute atomic E-state index is 11.3. The van der Waals surface area contributed by atoms with Crippen LogP contribution in [0.25, 0.3) is 43.8 Å². The van der Waals surface area contributed by atoms with Crippen molar-refractivity contribution in [1.82, 2.24) is 0 Å². The lowest BCUT2D eigenvalue weighted by Crippen LogP contribution is -2.21. The van der Waals surface area contributed by atoms with E-state index in [0.717, 1.165) is 27.6 Å². The Morgan fingerprint density at radius 3 is 1.09 bits per heavy atom. The van der Waals surface area contributed by atoms with Crippen LogP contribution in [0.2, 0.25) is 0 Å². The second-order valence-corrected chi connectivity index (χ2v) is 23.7. The maximum atomic E-state index is 11.3. The lowest BCUT2D eigenvalue weighted by atomic mass is 9.73. The summed E-state index contributed by atoms with van der Waals surface area (Å²) in [7, 11) is -4.49. The molecule has 5 aromatic carbocycles. The highest BCUT2D eigenvalue weighted by Gasteiger charge is 2.41. The van der Waals surface area contributed by atoms with Crippen molar-refractivity contribution in [2.75, 3.05) is 0 Å². The van der Waals surface area contributed by atoms with Gasteiger partial charge in [0.1, 0.15) is 0 Å². The molecule has 0 spiro atoms. The first-order valence-electron chi connectivity index (χ1n) is 19.7. The third-order valence-electron chi connectivity index (χ3n) is 11.1. The van der Waals surface area contributed by atoms with Crippen molar-refractivity contribution in [1.29, 1.82) is 0 Å². The maximum Gasteiger partial charge on any atom is 0.441 e. The largest absolute Gasteiger partial charge is 0.441 e. The minimum Gasteiger partial charge on any atom is -0.189 e. The molecule has 0 bridgehead atoms. The van der Waals surface area contributed by atoms with Crippen LogP contribution >= 0.6 is 7.94 Å². The first kappa shape index (κ1) is 42.1. The second-order valence-electron chi connectivity index (χ2n) is 22.1. The molecule has 0 radical (unpaired) electrons. The molecule has 3 N–H and O–H groups in total. The summed E-state index contributed by atoms with van der Waals surface area (Å²) >= 11 is 0. The van der Waals surface area contributed by atoms with Crippen molar-refractivity contribution in [3.63, 3.8) is 0 Å². The molecule has 5 rings (SSSR count). The van der Waals surface area contributed by atoms with Crippen LogP contribution in [-0.2, 0) is 32.5 Å². The lowest BCUT2D eigenvalue weighted by Gasteiger charge is -2.31. The van der Waals surface area contributed by atoms with Gasteiger partial charge in [0.25, 0.3) is 0 Å². The Morgan fingerprint density at radius 1 is 0.370 bits per heavy atom. The average molecular weight is 748 g/mol. The molecule has 5 aromatic rings. The van der Waals surface area contributed by atoms with Crippen molar-refractivity contribution >= 4 is 34.8 Å².